The topological polar surface area (TPSA) is 89.9 Å². The molecule has 194 valence electrons. The van der Waals surface area contributed by atoms with E-state index in [2.05, 4.69) is 11.8 Å². The molecule has 13 atom stereocenters. The number of piperidine rings is 1. The second-order valence-corrected chi connectivity index (χ2v) is 12.1. The summed E-state index contributed by atoms with van der Waals surface area (Å²) in [6, 6.07) is -0.256. The molecular weight excluding hydrogens is 438 g/mol. The lowest BCUT2D eigenvalue weighted by Crippen LogP contribution is -2.82. The van der Waals surface area contributed by atoms with E-state index in [-0.39, 0.29) is 58.9 Å². The van der Waals surface area contributed by atoms with E-state index in [1.807, 2.05) is 7.11 Å². The van der Waals surface area contributed by atoms with E-state index in [9.17, 15) is 10.2 Å². The van der Waals surface area contributed by atoms with Crippen LogP contribution in [0.25, 0.3) is 0 Å². The molecule has 8 heteroatoms. The Hall–Kier alpha value is -0.320. The molecule has 0 aromatic carbocycles. The van der Waals surface area contributed by atoms with Gasteiger partial charge in [0.15, 0.2) is 0 Å². The molecule has 1 saturated heterocycles. The molecule has 6 rings (SSSR count). The quantitative estimate of drug-likeness (QED) is 0.555. The number of ether oxygens (including phenoxy) is 5. The predicted molar refractivity (Wildman–Crippen MR) is 123 cm³/mol. The van der Waals surface area contributed by atoms with Gasteiger partial charge < -0.3 is 33.9 Å². The van der Waals surface area contributed by atoms with Crippen LogP contribution < -0.4 is 0 Å². The summed E-state index contributed by atoms with van der Waals surface area (Å²) in [6.45, 7) is 4.41. The zero-order valence-electron chi connectivity index (χ0n) is 21.5. The summed E-state index contributed by atoms with van der Waals surface area (Å²) >= 11 is 0. The van der Waals surface area contributed by atoms with Crippen LogP contribution in [0.4, 0.5) is 0 Å². The third-order valence-corrected chi connectivity index (χ3v) is 11.7. The van der Waals surface area contributed by atoms with E-state index in [1.54, 1.807) is 28.4 Å². The average molecular weight is 482 g/mol. The van der Waals surface area contributed by atoms with Crippen LogP contribution in [0, 0.1) is 34.5 Å². The maximum Gasteiger partial charge on any atom is 0.136 e. The molecule has 1 aliphatic heterocycles. The van der Waals surface area contributed by atoms with Crippen molar-refractivity contribution >= 4 is 0 Å². The van der Waals surface area contributed by atoms with Crippen molar-refractivity contribution in [3.05, 3.63) is 0 Å². The Morgan fingerprint density at radius 2 is 1.76 bits per heavy atom. The smallest absolute Gasteiger partial charge is 0.136 e. The number of methoxy groups -OCH3 is 5. The minimum atomic E-state index is -1.47. The number of rotatable bonds is 7. The maximum atomic E-state index is 13.1. The minimum absolute atomic E-state index is 0.0262. The average Bonchev–Trinajstić information content (AvgIpc) is 3.25. The van der Waals surface area contributed by atoms with Crippen LogP contribution in [0.15, 0.2) is 0 Å². The zero-order valence-corrected chi connectivity index (χ0v) is 21.5. The number of fused-ring (bicyclic) bond motifs is 2. The molecule has 0 amide bonds. The summed E-state index contributed by atoms with van der Waals surface area (Å²) < 4.78 is 30.7. The second kappa shape index (κ2) is 7.60. The fraction of sp³-hybridized carbons (Fsp3) is 1.00. The number of likely N-dealkylation sites (N-methyl/N-ethyl adjacent to an activating group) is 1. The Bertz CT molecular complexity index is 829. The number of nitrogens with zero attached hydrogens (tertiary/aromatic N) is 1. The van der Waals surface area contributed by atoms with Crippen molar-refractivity contribution < 1.29 is 33.9 Å². The number of hydrogen-bond acceptors (Lipinski definition) is 8. The Labute approximate surface area is 203 Å². The molecule has 7 bridgehead atoms. The molecule has 8 nitrogen and oxygen atoms in total. The molecule has 2 N–H and O–H groups in total. The lowest BCUT2D eigenvalue weighted by molar-refractivity contribution is -0.320. The van der Waals surface area contributed by atoms with E-state index >= 15 is 0 Å². The first-order valence-electron chi connectivity index (χ1n) is 13.1. The summed E-state index contributed by atoms with van der Waals surface area (Å²) in [5.74, 6) is 0.165. The SMILES string of the molecule is CCN1C[C@@]2(COC)CC[C@H](OC)[C@@]34[C@@H]1[C@@](O)([C@@H](OC)[C@@H]23)[C@]1(O)C[C@@H](OC)[C@@H]2C[C@H]4[C@H]1[C@H]2OC. The van der Waals surface area contributed by atoms with Gasteiger partial charge in [0.1, 0.15) is 11.2 Å². The molecule has 0 radical (unpaired) electrons. The van der Waals surface area contributed by atoms with Crippen LogP contribution in [-0.4, -0.2) is 112 Å². The Balaban J connectivity index is 1.67. The standard InChI is InChI=1S/C26H43NO7/c1-7-27-12-23(13-30-2)9-8-17(32-4)25-15-10-14-16(31-3)11-24(28,18(15)19(14)33-5)26(29,22(25)27)21(34-6)20(23)25/h14-22,28-29H,7-13H2,1-6H3/t14-,15-,16+,17-,18-,19-,20-,21-,22+,23+,24-,25+,26-/m0/s1. The van der Waals surface area contributed by atoms with Crippen LogP contribution in [0.3, 0.4) is 0 Å². The third-order valence-electron chi connectivity index (χ3n) is 11.7. The highest BCUT2D eigenvalue weighted by atomic mass is 16.5. The van der Waals surface area contributed by atoms with Crippen molar-refractivity contribution in [2.24, 2.45) is 34.5 Å². The number of aliphatic hydroxyl groups is 2. The van der Waals surface area contributed by atoms with Crippen molar-refractivity contribution in [2.45, 2.75) is 74.3 Å². The molecule has 5 aliphatic carbocycles. The molecule has 1 spiro atoms. The highest BCUT2D eigenvalue weighted by molar-refractivity contribution is 5.41. The first kappa shape index (κ1) is 24.0. The van der Waals surface area contributed by atoms with E-state index < -0.39 is 17.3 Å². The summed E-state index contributed by atoms with van der Waals surface area (Å²) in [6.07, 6.45) is 2.30. The van der Waals surface area contributed by atoms with Gasteiger partial charge in [-0.1, -0.05) is 6.92 Å². The summed E-state index contributed by atoms with van der Waals surface area (Å²) in [5, 5.41) is 25.9. The molecule has 5 saturated carbocycles. The largest absolute Gasteiger partial charge is 0.386 e. The van der Waals surface area contributed by atoms with Crippen molar-refractivity contribution in [1.29, 1.82) is 0 Å². The zero-order chi connectivity index (χ0) is 24.3. The Morgan fingerprint density at radius 3 is 2.35 bits per heavy atom. The highest BCUT2D eigenvalue weighted by Crippen LogP contribution is 2.80. The normalized spacial score (nSPS) is 59.5. The molecule has 0 aromatic rings. The summed E-state index contributed by atoms with van der Waals surface area (Å²) in [5.41, 5.74) is -3.38. The molecule has 0 aromatic heterocycles. The molecule has 1 heterocycles. The van der Waals surface area contributed by atoms with Gasteiger partial charge in [0.2, 0.25) is 0 Å². The van der Waals surface area contributed by atoms with Gasteiger partial charge in [0, 0.05) is 77.1 Å². The maximum absolute atomic E-state index is 13.1. The van der Waals surface area contributed by atoms with Crippen LogP contribution >= 0.6 is 0 Å². The lowest BCUT2D eigenvalue weighted by atomic mass is 9.42. The first-order chi connectivity index (χ1) is 16.3. The monoisotopic (exact) mass is 481 g/mol. The lowest BCUT2D eigenvalue weighted by Gasteiger charge is -2.70. The molecule has 34 heavy (non-hydrogen) atoms. The van der Waals surface area contributed by atoms with Gasteiger partial charge in [-0.3, -0.25) is 4.90 Å². The Kier molecular flexibility index (Phi) is 5.38. The van der Waals surface area contributed by atoms with E-state index in [4.69, 9.17) is 23.7 Å². The number of hydrogen-bond donors (Lipinski definition) is 2. The van der Waals surface area contributed by atoms with Gasteiger partial charge in [-0.15, -0.1) is 0 Å². The van der Waals surface area contributed by atoms with Gasteiger partial charge >= 0.3 is 0 Å². The van der Waals surface area contributed by atoms with Gasteiger partial charge in [-0.05, 0) is 31.7 Å². The highest BCUT2D eigenvalue weighted by Gasteiger charge is 2.91. The van der Waals surface area contributed by atoms with Crippen LogP contribution in [0.1, 0.15) is 32.6 Å². The fourth-order valence-corrected chi connectivity index (χ4v) is 11.3. The molecular formula is C26H43NO7. The van der Waals surface area contributed by atoms with Gasteiger partial charge in [0.25, 0.3) is 0 Å². The van der Waals surface area contributed by atoms with E-state index in [1.165, 1.54) is 0 Å². The van der Waals surface area contributed by atoms with Crippen molar-refractivity contribution in [3.8, 4) is 0 Å². The minimum Gasteiger partial charge on any atom is -0.386 e. The second-order valence-electron chi connectivity index (χ2n) is 12.1. The van der Waals surface area contributed by atoms with E-state index in [0.29, 0.717) is 13.0 Å². The molecule has 6 aliphatic rings. The third kappa shape index (κ3) is 2.27. The van der Waals surface area contributed by atoms with Gasteiger partial charge in [0.05, 0.1) is 37.1 Å². The number of likely N-dealkylation sites (tertiary alicyclic amines) is 1. The molecule has 6 fully saturated rings. The fourth-order valence-electron chi connectivity index (χ4n) is 11.3. The van der Waals surface area contributed by atoms with Crippen molar-refractivity contribution in [1.82, 2.24) is 4.90 Å². The van der Waals surface area contributed by atoms with Crippen molar-refractivity contribution in [2.75, 3.05) is 55.2 Å². The van der Waals surface area contributed by atoms with Crippen LogP contribution in [-0.2, 0) is 23.7 Å². The summed E-state index contributed by atoms with van der Waals surface area (Å²) in [7, 11) is 8.77. The Morgan fingerprint density at radius 1 is 1.00 bits per heavy atom. The van der Waals surface area contributed by atoms with Crippen LogP contribution in [0.2, 0.25) is 0 Å². The summed E-state index contributed by atoms with van der Waals surface area (Å²) in [4.78, 5) is 2.43. The predicted octanol–water partition coefficient (Wildman–Crippen LogP) is 0.925. The van der Waals surface area contributed by atoms with Crippen molar-refractivity contribution in [3.63, 3.8) is 0 Å². The first-order valence-corrected chi connectivity index (χ1v) is 13.1. The van der Waals surface area contributed by atoms with Gasteiger partial charge in [-0.25, -0.2) is 0 Å². The molecule has 0 unspecified atom stereocenters. The van der Waals surface area contributed by atoms with Crippen LogP contribution in [0.5, 0.6) is 0 Å². The van der Waals surface area contributed by atoms with Gasteiger partial charge in [-0.2, -0.15) is 0 Å². The van der Waals surface area contributed by atoms with E-state index in [0.717, 1.165) is 32.4 Å².